The zero-order valence-electron chi connectivity index (χ0n) is 9.01. The summed E-state index contributed by atoms with van der Waals surface area (Å²) in [7, 11) is 0. The van der Waals surface area contributed by atoms with E-state index in [1.165, 1.54) is 0 Å². The molecule has 0 saturated heterocycles. The summed E-state index contributed by atoms with van der Waals surface area (Å²) in [4.78, 5) is 12.0. The maximum atomic E-state index is 5.52. The van der Waals surface area contributed by atoms with Crippen molar-refractivity contribution >= 4 is 11.8 Å². The number of nitrogens with two attached hydrogens (primary N) is 1. The Morgan fingerprint density at radius 2 is 2.06 bits per heavy atom. The van der Waals surface area contributed by atoms with Crippen molar-refractivity contribution in [2.45, 2.75) is 13.5 Å². The van der Waals surface area contributed by atoms with Gasteiger partial charge in [0.05, 0.1) is 0 Å². The molecular weight excluding hydrogens is 202 g/mol. The van der Waals surface area contributed by atoms with Crippen molar-refractivity contribution in [3.63, 3.8) is 0 Å². The lowest BCUT2D eigenvalue weighted by atomic mass is 10.2. The average molecular weight is 215 g/mol. The van der Waals surface area contributed by atoms with Gasteiger partial charge in [-0.15, -0.1) is 0 Å². The summed E-state index contributed by atoms with van der Waals surface area (Å²) >= 11 is 0. The molecule has 0 fully saturated rings. The van der Waals surface area contributed by atoms with Crippen LogP contribution in [0.4, 0.5) is 11.8 Å². The summed E-state index contributed by atoms with van der Waals surface area (Å²) in [6, 6.07) is 3.90. The molecule has 82 valence electrons. The fourth-order valence-corrected chi connectivity index (χ4v) is 1.32. The molecule has 0 aliphatic rings. The van der Waals surface area contributed by atoms with Crippen LogP contribution in [0.15, 0.2) is 30.7 Å². The number of nitrogens with zero attached hydrogens (tertiary/aromatic N) is 3. The van der Waals surface area contributed by atoms with Crippen molar-refractivity contribution in [1.29, 1.82) is 0 Å². The number of aromatic nitrogens is 3. The first-order valence-corrected chi connectivity index (χ1v) is 4.97. The molecule has 0 saturated carbocycles. The predicted molar refractivity (Wildman–Crippen MR) is 62.7 cm³/mol. The van der Waals surface area contributed by atoms with E-state index in [1.807, 2.05) is 19.1 Å². The van der Waals surface area contributed by atoms with E-state index in [0.29, 0.717) is 6.54 Å². The van der Waals surface area contributed by atoms with Crippen LogP contribution in [0, 0.1) is 6.92 Å². The highest BCUT2D eigenvalue weighted by atomic mass is 15.1. The topological polar surface area (TPSA) is 76.7 Å². The maximum Gasteiger partial charge on any atom is 0.221 e. The molecule has 2 heterocycles. The molecule has 2 rings (SSSR count). The molecule has 2 aromatic rings. The first-order chi connectivity index (χ1) is 7.75. The van der Waals surface area contributed by atoms with Crippen LogP contribution in [-0.4, -0.2) is 15.0 Å². The third-order valence-electron chi connectivity index (χ3n) is 2.20. The van der Waals surface area contributed by atoms with Gasteiger partial charge in [-0.1, -0.05) is 0 Å². The SMILES string of the molecule is Cc1cnc(N)nc1NCc1ccncc1. The van der Waals surface area contributed by atoms with Gasteiger partial charge >= 0.3 is 0 Å². The van der Waals surface area contributed by atoms with Crippen LogP contribution >= 0.6 is 0 Å². The minimum Gasteiger partial charge on any atom is -0.368 e. The minimum absolute atomic E-state index is 0.280. The summed E-state index contributed by atoms with van der Waals surface area (Å²) in [5.74, 6) is 1.05. The highest BCUT2D eigenvalue weighted by molar-refractivity contribution is 5.45. The average Bonchev–Trinajstić information content (AvgIpc) is 2.32. The van der Waals surface area contributed by atoms with Crippen molar-refractivity contribution in [3.05, 3.63) is 41.9 Å². The fraction of sp³-hybridized carbons (Fsp3) is 0.182. The highest BCUT2D eigenvalue weighted by Gasteiger charge is 2.01. The molecule has 0 bridgehead atoms. The predicted octanol–water partition coefficient (Wildman–Crippen LogP) is 1.37. The summed E-state index contributed by atoms with van der Waals surface area (Å²) < 4.78 is 0. The summed E-state index contributed by atoms with van der Waals surface area (Å²) in [6.45, 7) is 2.63. The zero-order valence-corrected chi connectivity index (χ0v) is 9.01. The van der Waals surface area contributed by atoms with Crippen molar-refractivity contribution in [2.75, 3.05) is 11.1 Å². The third kappa shape index (κ3) is 2.44. The summed E-state index contributed by atoms with van der Waals surface area (Å²) in [5, 5.41) is 3.21. The van der Waals surface area contributed by atoms with Gasteiger partial charge in [0.1, 0.15) is 5.82 Å². The van der Waals surface area contributed by atoms with Crippen molar-refractivity contribution in [2.24, 2.45) is 0 Å². The second-order valence-corrected chi connectivity index (χ2v) is 3.47. The van der Waals surface area contributed by atoms with Crippen LogP contribution in [-0.2, 0) is 6.54 Å². The number of aryl methyl sites for hydroxylation is 1. The van der Waals surface area contributed by atoms with Gasteiger partial charge in [-0.25, -0.2) is 4.98 Å². The van der Waals surface area contributed by atoms with Gasteiger partial charge in [0.15, 0.2) is 0 Å². The minimum atomic E-state index is 0.280. The Morgan fingerprint density at radius 3 is 2.81 bits per heavy atom. The van der Waals surface area contributed by atoms with Gasteiger partial charge in [0.2, 0.25) is 5.95 Å². The van der Waals surface area contributed by atoms with Gasteiger partial charge in [-0.05, 0) is 24.6 Å². The van der Waals surface area contributed by atoms with Gasteiger partial charge in [0, 0.05) is 30.7 Å². The lowest BCUT2D eigenvalue weighted by molar-refractivity contribution is 1.06. The van der Waals surface area contributed by atoms with Crippen LogP contribution < -0.4 is 11.1 Å². The lowest BCUT2D eigenvalue weighted by Gasteiger charge is -2.08. The number of hydrogen-bond acceptors (Lipinski definition) is 5. The van der Waals surface area contributed by atoms with Gasteiger partial charge in [0.25, 0.3) is 0 Å². The third-order valence-corrected chi connectivity index (χ3v) is 2.20. The molecule has 5 nitrogen and oxygen atoms in total. The number of nitrogen functional groups attached to an aromatic ring is 1. The molecule has 0 unspecified atom stereocenters. The van der Waals surface area contributed by atoms with Crippen LogP contribution in [0.25, 0.3) is 0 Å². The Kier molecular flexibility index (Phi) is 2.95. The van der Waals surface area contributed by atoms with E-state index in [0.717, 1.165) is 16.9 Å². The first-order valence-electron chi connectivity index (χ1n) is 4.97. The Morgan fingerprint density at radius 1 is 1.31 bits per heavy atom. The van der Waals surface area contributed by atoms with Gasteiger partial charge in [-0.3, -0.25) is 4.98 Å². The molecule has 16 heavy (non-hydrogen) atoms. The van der Waals surface area contributed by atoms with E-state index in [4.69, 9.17) is 5.73 Å². The van der Waals surface area contributed by atoms with Gasteiger partial charge < -0.3 is 11.1 Å². The molecule has 0 atom stereocenters. The first kappa shape index (κ1) is 10.4. The summed E-state index contributed by atoms with van der Waals surface area (Å²) in [5.41, 5.74) is 7.64. The molecule has 0 amide bonds. The molecular formula is C11H13N5. The molecule has 0 aliphatic heterocycles. The Balaban J connectivity index is 2.08. The summed E-state index contributed by atoms with van der Waals surface area (Å²) in [6.07, 6.45) is 5.23. The van der Waals surface area contributed by atoms with Crippen LogP contribution in [0.5, 0.6) is 0 Å². The molecule has 3 N–H and O–H groups in total. The quantitative estimate of drug-likeness (QED) is 0.808. The number of rotatable bonds is 3. The smallest absolute Gasteiger partial charge is 0.221 e. The van der Waals surface area contributed by atoms with E-state index in [-0.39, 0.29) is 5.95 Å². The second kappa shape index (κ2) is 4.57. The number of pyridine rings is 1. The largest absolute Gasteiger partial charge is 0.368 e. The van der Waals surface area contributed by atoms with Crippen LogP contribution in [0.2, 0.25) is 0 Å². The monoisotopic (exact) mass is 215 g/mol. The van der Waals surface area contributed by atoms with Gasteiger partial charge in [-0.2, -0.15) is 4.98 Å². The number of hydrogen-bond donors (Lipinski definition) is 2. The maximum absolute atomic E-state index is 5.52. The molecule has 5 heteroatoms. The van der Waals surface area contributed by atoms with E-state index < -0.39 is 0 Å². The zero-order chi connectivity index (χ0) is 11.4. The molecule has 0 aliphatic carbocycles. The van der Waals surface area contributed by atoms with Crippen molar-refractivity contribution in [1.82, 2.24) is 15.0 Å². The molecule has 0 aromatic carbocycles. The van der Waals surface area contributed by atoms with Crippen molar-refractivity contribution in [3.8, 4) is 0 Å². The lowest BCUT2D eigenvalue weighted by Crippen LogP contribution is -2.06. The number of nitrogens with one attached hydrogen (secondary N) is 1. The molecule has 0 spiro atoms. The van der Waals surface area contributed by atoms with Crippen molar-refractivity contribution < 1.29 is 0 Å². The molecule has 0 radical (unpaired) electrons. The van der Waals surface area contributed by atoms with Crippen LogP contribution in [0.1, 0.15) is 11.1 Å². The fourth-order valence-electron chi connectivity index (χ4n) is 1.32. The second-order valence-electron chi connectivity index (χ2n) is 3.47. The van der Waals surface area contributed by atoms with Crippen LogP contribution in [0.3, 0.4) is 0 Å². The van der Waals surface area contributed by atoms with E-state index >= 15 is 0 Å². The molecule has 2 aromatic heterocycles. The Bertz CT molecular complexity index is 469. The highest BCUT2D eigenvalue weighted by Crippen LogP contribution is 2.12. The Hall–Kier alpha value is -2.17. The normalized spacial score (nSPS) is 10.1. The van der Waals surface area contributed by atoms with E-state index in [9.17, 15) is 0 Å². The van der Waals surface area contributed by atoms with E-state index in [1.54, 1.807) is 18.6 Å². The number of anilines is 2. The Labute approximate surface area is 93.8 Å². The standard InChI is InChI=1S/C11H13N5/c1-8-6-15-11(12)16-10(8)14-7-9-2-4-13-5-3-9/h2-6H,7H2,1H3,(H3,12,14,15,16). The van der Waals surface area contributed by atoms with E-state index in [2.05, 4.69) is 20.3 Å².